The molecule has 310 valence electrons. The van der Waals surface area contributed by atoms with E-state index in [9.17, 15) is 14.4 Å². The fraction of sp³-hybridized carbons (Fsp3) is 0.357. The van der Waals surface area contributed by atoms with Crippen LogP contribution in [0.25, 0.3) is 10.9 Å². The Bertz CT molecular complexity index is 2250. The molecule has 0 aliphatic heterocycles. The molecule has 13 nitrogen and oxygen atoms in total. The van der Waals surface area contributed by atoms with Crippen molar-refractivity contribution in [2.45, 2.75) is 46.5 Å². The number of halogens is 4. The van der Waals surface area contributed by atoms with Crippen LogP contribution in [0.15, 0.2) is 54.6 Å². The summed E-state index contributed by atoms with van der Waals surface area (Å²) in [5, 5.41) is 13.1. The number of hydrogen-bond donors (Lipinski definition) is 4. The predicted molar refractivity (Wildman–Crippen MR) is 239 cm³/mol. The van der Waals surface area contributed by atoms with Crippen LogP contribution in [-0.4, -0.2) is 99.6 Å². The van der Waals surface area contributed by atoms with E-state index in [0.29, 0.717) is 58.8 Å². The zero-order chi connectivity index (χ0) is 42.2. The minimum absolute atomic E-state index is 0.0880. The predicted octanol–water partition coefficient (Wildman–Crippen LogP) is 9.48. The van der Waals surface area contributed by atoms with Crippen molar-refractivity contribution in [3.63, 3.8) is 0 Å². The minimum atomic E-state index is -1.32. The van der Waals surface area contributed by atoms with Gasteiger partial charge in [-0.3, -0.25) is 14.4 Å². The molecule has 4 N–H and O–H groups in total. The molecule has 5 aromatic rings. The van der Waals surface area contributed by atoms with Gasteiger partial charge in [-0.15, -0.1) is 0 Å². The lowest BCUT2D eigenvalue weighted by molar-refractivity contribution is 0.0887. The highest BCUT2D eigenvalue weighted by Crippen LogP contribution is 2.48. The smallest absolute Gasteiger partial charge is 0.255 e. The summed E-state index contributed by atoms with van der Waals surface area (Å²) in [5.74, 6) is -1.62. The number of Topliss-reactive ketones (excluding diaryl/α,β-unsaturated/α-hetero) is 2. The van der Waals surface area contributed by atoms with Gasteiger partial charge in [0, 0.05) is 29.7 Å². The van der Waals surface area contributed by atoms with Gasteiger partial charge in [-0.25, -0.2) is 4.98 Å². The van der Waals surface area contributed by atoms with E-state index in [1.54, 1.807) is 48.5 Å². The number of ketones is 2. The molecule has 59 heavy (non-hydrogen) atoms. The van der Waals surface area contributed by atoms with E-state index in [2.05, 4.69) is 73.7 Å². The number of nitrogens with one attached hydrogen (secondary N) is 4. The standard InChI is InChI=1S/C42H46Cl4N10O3/c1-5-55(6-2)22-10-20-47-40-52-41(48-21-11-23-56(7-3)8-4)54-42(53-40)49-26-17-14-25(15-18-26)39(59)51-28-13-9-12-24-16-19-27(50-36(24)28)29-37(57)30-31(38(29)58)33(44)35(46)34(45)32(30)43/h9,12-19,29H,5-8,10-11,20-23H2,1-4H3,(H,51,59)(H3,47,48,49,52,53,54). The molecule has 1 aliphatic carbocycles. The van der Waals surface area contributed by atoms with Crippen LogP contribution in [0, 0.1) is 0 Å². The van der Waals surface area contributed by atoms with Crippen LogP contribution in [-0.2, 0) is 0 Å². The Labute approximate surface area is 363 Å². The molecule has 17 heteroatoms. The maximum atomic E-state index is 13.6. The zero-order valence-electron chi connectivity index (χ0n) is 33.3. The molecule has 1 amide bonds. The molecule has 0 spiro atoms. The average Bonchev–Trinajstić information content (AvgIpc) is 3.51. The Morgan fingerprint density at radius 3 is 1.69 bits per heavy atom. The first-order chi connectivity index (χ1) is 28.5. The Balaban J connectivity index is 1.16. The van der Waals surface area contributed by atoms with Crippen molar-refractivity contribution in [1.29, 1.82) is 0 Å². The van der Waals surface area contributed by atoms with E-state index in [1.165, 1.54) is 0 Å². The quantitative estimate of drug-likeness (QED) is 0.0270. The summed E-state index contributed by atoms with van der Waals surface area (Å²) in [6, 6.07) is 15.5. The molecule has 2 aromatic heterocycles. The van der Waals surface area contributed by atoms with Gasteiger partial charge in [0.1, 0.15) is 5.92 Å². The molecule has 0 unspecified atom stereocenters. The fourth-order valence-corrected chi connectivity index (χ4v) is 7.94. The van der Waals surface area contributed by atoms with Gasteiger partial charge in [-0.2, -0.15) is 15.0 Å². The highest BCUT2D eigenvalue weighted by molar-refractivity contribution is 6.55. The molecule has 2 heterocycles. The van der Waals surface area contributed by atoms with E-state index in [1.807, 2.05) is 6.07 Å². The second-order valence-corrected chi connectivity index (χ2v) is 15.4. The summed E-state index contributed by atoms with van der Waals surface area (Å²) in [6.07, 6.45) is 1.88. The molecule has 1 aliphatic rings. The molecule has 0 radical (unpaired) electrons. The summed E-state index contributed by atoms with van der Waals surface area (Å²) in [7, 11) is 0. The monoisotopic (exact) mass is 878 g/mol. The first-order valence-electron chi connectivity index (χ1n) is 19.7. The largest absolute Gasteiger partial charge is 0.354 e. The second-order valence-electron chi connectivity index (χ2n) is 13.9. The molecular weight excluding hydrogens is 834 g/mol. The molecule has 0 saturated heterocycles. The van der Waals surface area contributed by atoms with Crippen LogP contribution in [0.4, 0.5) is 29.2 Å². The normalized spacial score (nSPS) is 12.8. The highest BCUT2D eigenvalue weighted by atomic mass is 35.5. The van der Waals surface area contributed by atoms with Crippen molar-refractivity contribution in [3.8, 4) is 0 Å². The first kappa shape index (κ1) is 43.9. The molecule has 3 aromatic carbocycles. The number of rotatable bonds is 19. The third-order valence-corrected chi connectivity index (χ3v) is 12.1. The Morgan fingerprint density at radius 2 is 1.17 bits per heavy atom. The van der Waals surface area contributed by atoms with Crippen molar-refractivity contribution in [3.05, 3.63) is 97.1 Å². The summed E-state index contributed by atoms with van der Waals surface area (Å²) < 4.78 is 0. The van der Waals surface area contributed by atoms with Gasteiger partial charge in [0.15, 0.2) is 11.6 Å². The Morgan fingerprint density at radius 1 is 0.644 bits per heavy atom. The van der Waals surface area contributed by atoms with Crippen LogP contribution >= 0.6 is 46.4 Å². The van der Waals surface area contributed by atoms with Gasteiger partial charge in [-0.1, -0.05) is 92.3 Å². The zero-order valence-corrected chi connectivity index (χ0v) is 36.3. The molecule has 0 atom stereocenters. The second kappa shape index (κ2) is 20.1. The molecule has 0 bridgehead atoms. The molecule has 6 rings (SSSR count). The van der Waals surface area contributed by atoms with E-state index >= 15 is 0 Å². The van der Waals surface area contributed by atoms with Gasteiger partial charge in [0.05, 0.1) is 48.1 Å². The van der Waals surface area contributed by atoms with Gasteiger partial charge in [0.2, 0.25) is 17.8 Å². The third kappa shape index (κ3) is 10.1. The topological polar surface area (TPSA) is 157 Å². The third-order valence-electron chi connectivity index (χ3n) is 10.3. The summed E-state index contributed by atoms with van der Waals surface area (Å²) in [5.41, 5.74) is 1.79. The number of benzene rings is 3. The maximum absolute atomic E-state index is 13.6. The van der Waals surface area contributed by atoms with Crippen LogP contribution < -0.4 is 21.3 Å². The lowest BCUT2D eigenvalue weighted by Gasteiger charge is -2.18. The van der Waals surface area contributed by atoms with E-state index in [-0.39, 0.29) is 36.9 Å². The molecule has 0 fully saturated rings. The van der Waals surface area contributed by atoms with E-state index in [4.69, 9.17) is 51.4 Å². The number of aromatic nitrogens is 4. The van der Waals surface area contributed by atoms with Crippen molar-refractivity contribution in [2.75, 3.05) is 73.6 Å². The number of nitrogens with zero attached hydrogens (tertiary/aromatic N) is 6. The van der Waals surface area contributed by atoms with E-state index < -0.39 is 23.4 Å². The minimum Gasteiger partial charge on any atom is -0.354 e. The summed E-state index contributed by atoms with van der Waals surface area (Å²) >= 11 is 25.1. The number of carbonyl (C=O) groups excluding carboxylic acids is 3. The van der Waals surface area contributed by atoms with Gasteiger partial charge in [0.25, 0.3) is 5.91 Å². The number of amides is 1. The number of pyridine rings is 1. The summed E-state index contributed by atoms with van der Waals surface area (Å²) in [6.45, 7) is 16.0. The van der Waals surface area contributed by atoms with Crippen LogP contribution in [0.1, 0.15) is 83.2 Å². The number of anilines is 5. The van der Waals surface area contributed by atoms with Crippen molar-refractivity contribution < 1.29 is 14.4 Å². The molecule has 0 saturated carbocycles. The van der Waals surface area contributed by atoms with Crippen molar-refractivity contribution in [2.24, 2.45) is 0 Å². The van der Waals surface area contributed by atoms with Crippen LogP contribution in [0.2, 0.25) is 20.1 Å². The SMILES string of the molecule is CCN(CC)CCCNc1nc(NCCCN(CC)CC)nc(Nc2ccc(C(=O)Nc3cccc4ccc(C5C(=O)c6c(Cl)c(Cl)c(Cl)c(Cl)c6C5=O)nc34)cc2)n1. The Hall–Kier alpha value is -4.63. The average molecular weight is 881 g/mol. The summed E-state index contributed by atoms with van der Waals surface area (Å²) in [4.78, 5) is 64.1. The number of hydrogen-bond acceptors (Lipinski definition) is 12. The van der Waals surface area contributed by atoms with Crippen molar-refractivity contribution >= 4 is 104 Å². The lowest BCUT2D eigenvalue weighted by Crippen LogP contribution is -2.26. The Kier molecular flexibility index (Phi) is 15.0. The maximum Gasteiger partial charge on any atom is 0.255 e. The number of para-hydroxylation sites is 1. The van der Waals surface area contributed by atoms with E-state index in [0.717, 1.165) is 52.1 Å². The van der Waals surface area contributed by atoms with Gasteiger partial charge in [-0.05, 0) is 88.5 Å². The number of carbonyl (C=O) groups is 3. The highest BCUT2D eigenvalue weighted by Gasteiger charge is 2.45. The molecular formula is C42H46Cl4N10O3. The fourth-order valence-electron chi connectivity index (χ4n) is 6.90. The number of fused-ring (bicyclic) bond motifs is 2. The van der Waals surface area contributed by atoms with Crippen LogP contribution in [0.3, 0.4) is 0 Å². The van der Waals surface area contributed by atoms with Crippen molar-refractivity contribution in [1.82, 2.24) is 29.7 Å². The van der Waals surface area contributed by atoms with Crippen LogP contribution in [0.5, 0.6) is 0 Å². The lowest BCUT2D eigenvalue weighted by atomic mass is 9.98. The first-order valence-corrected chi connectivity index (χ1v) is 21.2. The van der Waals surface area contributed by atoms with Gasteiger partial charge >= 0.3 is 0 Å². The van der Waals surface area contributed by atoms with Gasteiger partial charge < -0.3 is 31.1 Å².